The standard InChI is InChI=1S/C16H22BrNO2/c17-14-5-1-4-13(12-14)16(20)8-10-18(9-3-11-19)15-6-2-7-15/h1,4-5,12,15,19H,2-3,6-11H2. The van der Waals surface area contributed by atoms with Crippen LogP contribution in [0.1, 0.15) is 42.5 Å². The molecule has 3 nitrogen and oxygen atoms in total. The fourth-order valence-electron chi connectivity index (χ4n) is 2.55. The van der Waals surface area contributed by atoms with Crippen molar-refractivity contribution in [1.29, 1.82) is 0 Å². The number of carbonyl (C=O) groups is 1. The lowest BCUT2D eigenvalue weighted by molar-refractivity contribution is 0.0887. The van der Waals surface area contributed by atoms with Crippen LogP contribution in [0, 0.1) is 0 Å². The molecule has 1 N–H and O–H groups in total. The van der Waals surface area contributed by atoms with E-state index in [1.54, 1.807) is 0 Å². The Labute approximate surface area is 129 Å². The molecule has 1 aliphatic carbocycles. The Hall–Kier alpha value is -0.710. The van der Waals surface area contributed by atoms with E-state index in [1.807, 2.05) is 24.3 Å². The highest BCUT2D eigenvalue weighted by Crippen LogP contribution is 2.25. The van der Waals surface area contributed by atoms with Gasteiger partial charge in [0.15, 0.2) is 5.78 Å². The summed E-state index contributed by atoms with van der Waals surface area (Å²) in [5.74, 6) is 0.194. The predicted octanol–water partition coefficient (Wildman–Crippen LogP) is 3.26. The molecule has 0 amide bonds. The van der Waals surface area contributed by atoms with Crippen LogP contribution in [0.2, 0.25) is 0 Å². The number of carbonyl (C=O) groups excluding carboxylic acids is 1. The zero-order valence-electron chi connectivity index (χ0n) is 11.7. The van der Waals surface area contributed by atoms with Crippen LogP contribution in [0.4, 0.5) is 0 Å². The first-order valence-corrected chi connectivity index (χ1v) is 8.13. The second-order valence-corrected chi connectivity index (χ2v) is 6.30. The van der Waals surface area contributed by atoms with Crippen LogP contribution in [-0.2, 0) is 0 Å². The van der Waals surface area contributed by atoms with E-state index in [9.17, 15) is 4.79 Å². The Morgan fingerprint density at radius 2 is 2.15 bits per heavy atom. The number of aliphatic hydroxyl groups excluding tert-OH is 1. The molecule has 1 aromatic rings. The van der Waals surface area contributed by atoms with Crippen molar-refractivity contribution in [1.82, 2.24) is 4.90 Å². The van der Waals surface area contributed by atoms with Gasteiger partial charge in [-0.25, -0.2) is 0 Å². The second kappa shape index (κ2) is 7.91. The quantitative estimate of drug-likeness (QED) is 0.739. The van der Waals surface area contributed by atoms with E-state index in [1.165, 1.54) is 19.3 Å². The van der Waals surface area contributed by atoms with Crippen molar-refractivity contribution >= 4 is 21.7 Å². The van der Waals surface area contributed by atoms with Gasteiger partial charge in [0.25, 0.3) is 0 Å². The Morgan fingerprint density at radius 1 is 1.35 bits per heavy atom. The van der Waals surface area contributed by atoms with Crippen LogP contribution >= 0.6 is 15.9 Å². The first-order chi connectivity index (χ1) is 9.70. The van der Waals surface area contributed by atoms with Gasteiger partial charge in [-0.15, -0.1) is 0 Å². The van der Waals surface area contributed by atoms with Crippen molar-refractivity contribution in [2.24, 2.45) is 0 Å². The number of aliphatic hydroxyl groups is 1. The average molecular weight is 340 g/mol. The largest absolute Gasteiger partial charge is 0.396 e. The van der Waals surface area contributed by atoms with E-state index >= 15 is 0 Å². The molecule has 0 radical (unpaired) electrons. The monoisotopic (exact) mass is 339 g/mol. The molecule has 0 heterocycles. The number of halogens is 1. The van der Waals surface area contributed by atoms with Gasteiger partial charge in [-0.05, 0) is 31.4 Å². The average Bonchev–Trinajstić information content (AvgIpc) is 2.39. The number of rotatable bonds is 8. The highest BCUT2D eigenvalue weighted by Gasteiger charge is 2.24. The Kier molecular flexibility index (Phi) is 6.20. The van der Waals surface area contributed by atoms with Gasteiger partial charge in [-0.1, -0.05) is 34.5 Å². The Bertz CT molecular complexity index is 446. The fourth-order valence-corrected chi connectivity index (χ4v) is 2.95. The molecule has 0 saturated heterocycles. The van der Waals surface area contributed by atoms with Crippen LogP contribution < -0.4 is 0 Å². The topological polar surface area (TPSA) is 40.5 Å². The van der Waals surface area contributed by atoms with Crippen molar-refractivity contribution in [2.45, 2.75) is 38.1 Å². The van der Waals surface area contributed by atoms with E-state index in [4.69, 9.17) is 5.11 Å². The van der Waals surface area contributed by atoms with Crippen molar-refractivity contribution in [3.8, 4) is 0 Å². The van der Waals surface area contributed by atoms with E-state index < -0.39 is 0 Å². The van der Waals surface area contributed by atoms with Gasteiger partial charge in [-0.2, -0.15) is 0 Å². The fraction of sp³-hybridized carbons (Fsp3) is 0.562. The maximum Gasteiger partial charge on any atom is 0.164 e. The maximum absolute atomic E-state index is 12.2. The van der Waals surface area contributed by atoms with Crippen molar-refractivity contribution in [3.05, 3.63) is 34.3 Å². The lowest BCUT2D eigenvalue weighted by Crippen LogP contribution is -2.42. The third-order valence-electron chi connectivity index (χ3n) is 3.97. The number of ketones is 1. The predicted molar refractivity (Wildman–Crippen MR) is 84.0 cm³/mol. The van der Waals surface area contributed by atoms with Crippen molar-refractivity contribution in [2.75, 3.05) is 19.7 Å². The minimum atomic E-state index is 0.194. The normalized spacial score (nSPS) is 15.3. The van der Waals surface area contributed by atoms with Crippen LogP contribution in [0.3, 0.4) is 0 Å². The van der Waals surface area contributed by atoms with Crippen LogP contribution in [0.25, 0.3) is 0 Å². The summed E-state index contributed by atoms with van der Waals surface area (Å²) >= 11 is 3.40. The minimum Gasteiger partial charge on any atom is -0.396 e. The molecular weight excluding hydrogens is 318 g/mol. The van der Waals surface area contributed by atoms with E-state index in [2.05, 4.69) is 20.8 Å². The lowest BCUT2D eigenvalue weighted by atomic mass is 9.91. The smallest absolute Gasteiger partial charge is 0.164 e. The molecule has 1 saturated carbocycles. The molecule has 1 aromatic carbocycles. The zero-order valence-corrected chi connectivity index (χ0v) is 13.3. The van der Waals surface area contributed by atoms with Crippen molar-refractivity contribution in [3.63, 3.8) is 0 Å². The number of benzene rings is 1. The second-order valence-electron chi connectivity index (χ2n) is 5.38. The molecular formula is C16H22BrNO2. The maximum atomic E-state index is 12.2. The Balaban J connectivity index is 1.86. The summed E-state index contributed by atoms with van der Waals surface area (Å²) in [5.41, 5.74) is 0.773. The molecule has 110 valence electrons. The molecule has 2 rings (SSSR count). The van der Waals surface area contributed by atoms with Crippen LogP contribution in [-0.4, -0.2) is 41.5 Å². The van der Waals surface area contributed by atoms with Gasteiger partial charge >= 0.3 is 0 Å². The number of Topliss-reactive ketones (excluding diaryl/α,β-unsaturated/α-hetero) is 1. The van der Waals surface area contributed by atoms with Gasteiger partial charge in [-0.3, -0.25) is 9.69 Å². The SMILES string of the molecule is O=C(CCN(CCCO)C1CCC1)c1cccc(Br)c1. The first kappa shape index (κ1) is 15.7. The molecule has 0 unspecified atom stereocenters. The third kappa shape index (κ3) is 4.40. The lowest BCUT2D eigenvalue weighted by Gasteiger charge is -2.37. The van der Waals surface area contributed by atoms with Gasteiger partial charge in [0.1, 0.15) is 0 Å². The highest BCUT2D eigenvalue weighted by atomic mass is 79.9. The van der Waals surface area contributed by atoms with Gasteiger partial charge in [0.05, 0.1) is 0 Å². The molecule has 0 atom stereocenters. The summed E-state index contributed by atoms with van der Waals surface area (Å²) in [4.78, 5) is 14.6. The number of hydrogen-bond acceptors (Lipinski definition) is 3. The number of nitrogens with zero attached hydrogens (tertiary/aromatic N) is 1. The minimum absolute atomic E-state index is 0.194. The molecule has 20 heavy (non-hydrogen) atoms. The summed E-state index contributed by atoms with van der Waals surface area (Å²) in [6.07, 6.45) is 5.10. The molecule has 0 aromatic heterocycles. The third-order valence-corrected chi connectivity index (χ3v) is 4.46. The van der Waals surface area contributed by atoms with E-state index in [0.29, 0.717) is 12.5 Å². The highest BCUT2D eigenvalue weighted by molar-refractivity contribution is 9.10. The zero-order chi connectivity index (χ0) is 14.4. The van der Waals surface area contributed by atoms with Crippen molar-refractivity contribution < 1.29 is 9.90 Å². The van der Waals surface area contributed by atoms with Gasteiger partial charge < -0.3 is 5.11 Å². The molecule has 1 aliphatic rings. The number of hydrogen-bond donors (Lipinski definition) is 1. The van der Waals surface area contributed by atoms with Gasteiger partial charge in [0.2, 0.25) is 0 Å². The van der Waals surface area contributed by atoms with Crippen LogP contribution in [0.15, 0.2) is 28.7 Å². The molecule has 0 bridgehead atoms. The summed E-state index contributed by atoms with van der Waals surface area (Å²) in [5, 5.41) is 8.97. The first-order valence-electron chi connectivity index (χ1n) is 7.34. The summed E-state index contributed by atoms with van der Waals surface area (Å²) < 4.78 is 0.944. The summed E-state index contributed by atoms with van der Waals surface area (Å²) in [6.45, 7) is 1.92. The van der Waals surface area contributed by atoms with Crippen LogP contribution in [0.5, 0.6) is 0 Å². The molecule has 0 aliphatic heterocycles. The van der Waals surface area contributed by atoms with Gasteiger partial charge in [0, 0.05) is 42.2 Å². The molecule has 4 heteroatoms. The van der Waals surface area contributed by atoms with E-state index in [-0.39, 0.29) is 12.4 Å². The van der Waals surface area contributed by atoms with E-state index in [0.717, 1.165) is 29.5 Å². The summed E-state index contributed by atoms with van der Waals surface area (Å²) in [6, 6.07) is 8.20. The molecule has 1 fully saturated rings. The molecule has 0 spiro atoms. The summed E-state index contributed by atoms with van der Waals surface area (Å²) in [7, 11) is 0. The Morgan fingerprint density at radius 3 is 2.75 bits per heavy atom.